The molecule has 0 aliphatic rings. The number of benzene rings is 1. The molecule has 1 unspecified atom stereocenters. The van der Waals surface area contributed by atoms with E-state index >= 15 is 0 Å². The molecule has 1 atom stereocenters. The normalized spacial score (nSPS) is 12.3. The average molecular weight is 530 g/mol. The lowest BCUT2D eigenvalue weighted by molar-refractivity contribution is 0.193. The first-order valence-corrected chi connectivity index (χ1v) is 10.2. The van der Waals surface area contributed by atoms with Crippen molar-refractivity contribution in [3.63, 3.8) is 0 Å². The molecule has 8 heteroatoms. The van der Waals surface area contributed by atoms with Crippen LogP contribution in [0.15, 0.2) is 46.0 Å². The zero-order valence-corrected chi connectivity index (χ0v) is 20.9. The zero-order valence-electron chi connectivity index (χ0n) is 18.6. The topological polar surface area (TPSA) is 71.3 Å². The average Bonchev–Trinajstić information content (AvgIpc) is 3.29. The molecule has 30 heavy (non-hydrogen) atoms. The Hall–Kier alpha value is -1.94. The van der Waals surface area contributed by atoms with Crippen molar-refractivity contribution in [1.82, 2.24) is 15.5 Å². The lowest BCUT2D eigenvalue weighted by atomic mass is 10.2. The molecule has 2 N–H and O–H groups in total. The minimum Gasteiger partial charge on any atom is -0.497 e. The molecule has 0 saturated carbocycles. The van der Waals surface area contributed by atoms with Crippen molar-refractivity contribution in [2.45, 2.75) is 33.4 Å². The number of guanidine groups is 1. The van der Waals surface area contributed by atoms with Gasteiger partial charge in [0.2, 0.25) is 0 Å². The number of hydrogen-bond donors (Lipinski definition) is 2. The predicted molar refractivity (Wildman–Crippen MR) is 132 cm³/mol. The summed E-state index contributed by atoms with van der Waals surface area (Å²) in [7, 11) is 3.30. The third-order valence-electron chi connectivity index (χ3n) is 4.83. The molecule has 0 aliphatic heterocycles. The third-order valence-corrected chi connectivity index (χ3v) is 4.83. The van der Waals surface area contributed by atoms with Crippen LogP contribution in [0.1, 0.15) is 38.1 Å². The van der Waals surface area contributed by atoms with Crippen LogP contribution in [0.25, 0.3) is 0 Å². The summed E-state index contributed by atoms with van der Waals surface area (Å²) in [4.78, 5) is 7.10. The molecule has 0 aliphatic carbocycles. The lowest BCUT2D eigenvalue weighted by Crippen LogP contribution is -2.43. The number of ether oxygens (including phenoxy) is 2. The molecule has 1 aromatic carbocycles. The summed E-state index contributed by atoms with van der Waals surface area (Å²) in [6.45, 7) is 10.2. The highest BCUT2D eigenvalue weighted by Crippen LogP contribution is 2.25. The highest BCUT2D eigenvalue weighted by Gasteiger charge is 2.20. The van der Waals surface area contributed by atoms with E-state index in [9.17, 15) is 0 Å². The van der Waals surface area contributed by atoms with Crippen molar-refractivity contribution < 1.29 is 13.9 Å². The van der Waals surface area contributed by atoms with Gasteiger partial charge in [-0.15, -0.1) is 24.0 Å². The molecule has 2 rings (SSSR count). The molecule has 0 saturated heterocycles. The first-order valence-electron chi connectivity index (χ1n) is 10.2. The predicted octanol–water partition coefficient (Wildman–Crippen LogP) is 4.05. The Morgan fingerprint density at radius 2 is 1.87 bits per heavy atom. The van der Waals surface area contributed by atoms with Crippen LogP contribution < -0.4 is 20.1 Å². The van der Waals surface area contributed by atoms with E-state index in [1.165, 1.54) is 0 Å². The molecule has 1 heterocycles. The number of methoxy groups -OCH3 is 2. The largest absolute Gasteiger partial charge is 0.497 e. The highest BCUT2D eigenvalue weighted by atomic mass is 127. The van der Waals surface area contributed by atoms with Gasteiger partial charge in [-0.2, -0.15) is 0 Å². The van der Waals surface area contributed by atoms with Crippen molar-refractivity contribution in [2.24, 2.45) is 4.99 Å². The van der Waals surface area contributed by atoms with Gasteiger partial charge in [0.1, 0.15) is 17.3 Å². The Bertz CT molecular complexity index is 749. The van der Waals surface area contributed by atoms with E-state index in [4.69, 9.17) is 18.9 Å². The minimum atomic E-state index is 0. The van der Waals surface area contributed by atoms with Gasteiger partial charge in [-0.3, -0.25) is 4.90 Å². The second-order valence-electron chi connectivity index (χ2n) is 6.51. The van der Waals surface area contributed by atoms with Gasteiger partial charge in [-0.1, -0.05) is 13.8 Å². The van der Waals surface area contributed by atoms with Crippen LogP contribution in [0.5, 0.6) is 11.5 Å². The van der Waals surface area contributed by atoms with Crippen LogP contribution in [0.3, 0.4) is 0 Å². The van der Waals surface area contributed by atoms with Crippen LogP contribution in [0, 0.1) is 0 Å². The van der Waals surface area contributed by atoms with E-state index in [-0.39, 0.29) is 30.0 Å². The Balaban J connectivity index is 0.00000450. The van der Waals surface area contributed by atoms with Gasteiger partial charge in [-0.25, -0.2) is 4.99 Å². The quantitative estimate of drug-likeness (QED) is 0.260. The molecule has 0 spiro atoms. The number of furan rings is 1. The van der Waals surface area contributed by atoms with Crippen molar-refractivity contribution in [2.75, 3.05) is 40.4 Å². The van der Waals surface area contributed by atoms with Gasteiger partial charge < -0.3 is 24.5 Å². The van der Waals surface area contributed by atoms with E-state index < -0.39 is 0 Å². The van der Waals surface area contributed by atoms with Gasteiger partial charge in [0.05, 0.1) is 33.1 Å². The van der Waals surface area contributed by atoms with Crippen LogP contribution >= 0.6 is 24.0 Å². The molecule has 0 amide bonds. The number of aliphatic imine (C=N–C) groups is 1. The smallest absolute Gasteiger partial charge is 0.191 e. The maximum absolute atomic E-state index is 5.68. The third kappa shape index (κ3) is 7.39. The summed E-state index contributed by atoms with van der Waals surface area (Å²) in [6.07, 6.45) is 1.72. The van der Waals surface area contributed by atoms with E-state index in [2.05, 4.69) is 36.3 Å². The van der Waals surface area contributed by atoms with E-state index in [0.717, 1.165) is 48.4 Å². The summed E-state index contributed by atoms with van der Waals surface area (Å²) in [5, 5.41) is 6.77. The molecule has 1 aromatic heterocycles. The molecular weight excluding hydrogens is 495 g/mol. The molecule has 7 nitrogen and oxygen atoms in total. The molecule has 0 bridgehead atoms. The summed E-state index contributed by atoms with van der Waals surface area (Å²) >= 11 is 0. The minimum absolute atomic E-state index is 0. The van der Waals surface area contributed by atoms with Gasteiger partial charge in [0, 0.05) is 24.7 Å². The van der Waals surface area contributed by atoms with Gasteiger partial charge in [-0.05, 0) is 44.3 Å². The second kappa shape index (κ2) is 14.1. The first kappa shape index (κ1) is 26.1. The summed E-state index contributed by atoms with van der Waals surface area (Å²) in [5.41, 5.74) is 0.997. The number of halogens is 1. The number of rotatable bonds is 11. The van der Waals surface area contributed by atoms with Crippen molar-refractivity contribution in [1.29, 1.82) is 0 Å². The van der Waals surface area contributed by atoms with Gasteiger partial charge in [0.25, 0.3) is 0 Å². The maximum Gasteiger partial charge on any atom is 0.191 e. The fourth-order valence-electron chi connectivity index (χ4n) is 3.24. The summed E-state index contributed by atoms with van der Waals surface area (Å²) in [6, 6.07) is 9.86. The van der Waals surface area contributed by atoms with Gasteiger partial charge >= 0.3 is 0 Å². The van der Waals surface area contributed by atoms with Crippen LogP contribution in [0.4, 0.5) is 0 Å². The number of likely N-dealkylation sites (N-methyl/N-ethyl adjacent to an activating group) is 1. The number of nitrogens with one attached hydrogen (secondary N) is 2. The molecule has 2 aromatic rings. The SMILES string of the molecule is CCNC(=NCc1ccc(OC)cc1OC)NCC(c1ccco1)N(CC)CC.I. The van der Waals surface area contributed by atoms with Gasteiger partial charge in [0.15, 0.2) is 5.96 Å². The highest BCUT2D eigenvalue weighted by molar-refractivity contribution is 14.0. The molecule has 168 valence electrons. The monoisotopic (exact) mass is 530 g/mol. The Morgan fingerprint density at radius 3 is 2.43 bits per heavy atom. The fourth-order valence-corrected chi connectivity index (χ4v) is 3.24. The number of nitrogens with zero attached hydrogens (tertiary/aromatic N) is 2. The van der Waals surface area contributed by atoms with Crippen LogP contribution in [0.2, 0.25) is 0 Å². The Morgan fingerprint density at radius 1 is 1.10 bits per heavy atom. The van der Waals surface area contributed by atoms with Crippen LogP contribution in [-0.4, -0.2) is 51.3 Å². The molecular formula is C22H35IN4O3. The van der Waals surface area contributed by atoms with E-state index in [1.807, 2.05) is 30.3 Å². The Kier molecular flexibility index (Phi) is 12.3. The fraction of sp³-hybridized carbons (Fsp3) is 0.500. The molecule has 0 radical (unpaired) electrons. The standard InChI is InChI=1S/C22H34N4O3.HI/c1-6-23-22(24-15-17-11-12-18(27-4)14-21(17)28-5)25-16-19(26(7-2)8-3)20-10-9-13-29-20;/h9-14,19H,6-8,15-16H2,1-5H3,(H2,23,24,25);1H. The van der Waals surface area contributed by atoms with Crippen molar-refractivity contribution in [3.05, 3.63) is 47.9 Å². The van der Waals surface area contributed by atoms with Crippen molar-refractivity contribution >= 4 is 29.9 Å². The van der Waals surface area contributed by atoms with E-state index in [1.54, 1.807) is 20.5 Å². The maximum atomic E-state index is 5.68. The zero-order chi connectivity index (χ0) is 21.1. The summed E-state index contributed by atoms with van der Waals surface area (Å²) < 4.78 is 16.4. The van der Waals surface area contributed by atoms with Crippen LogP contribution in [-0.2, 0) is 6.54 Å². The van der Waals surface area contributed by atoms with Crippen molar-refractivity contribution in [3.8, 4) is 11.5 Å². The van der Waals surface area contributed by atoms with E-state index in [0.29, 0.717) is 13.1 Å². The summed E-state index contributed by atoms with van der Waals surface area (Å²) in [5.74, 6) is 3.24. The second-order valence-corrected chi connectivity index (χ2v) is 6.51. The lowest BCUT2D eigenvalue weighted by Gasteiger charge is -2.28. The molecule has 0 fully saturated rings. The first-order chi connectivity index (χ1) is 14.2. The Labute approximate surface area is 197 Å². The number of hydrogen-bond acceptors (Lipinski definition) is 5.